The molecule has 2 aromatic rings. The SMILES string of the molecule is Cc1cnc2n1C1CC2N(C(=O)CC(Cc2cc(F)c(F)cc2F)NC(=O)OC(C)(C)C)C1. The second kappa shape index (κ2) is 8.39. The molecule has 3 atom stereocenters. The van der Waals surface area contributed by atoms with Gasteiger partial charge in [-0.25, -0.2) is 22.9 Å². The molecule has 3 unspecified atom stereocenters. The van der Waals surface area contributed by atoms with E-state index < -0.39 is 35.2 Å². The molecule has 3 heterocycles. The van der Waals surface area contributed by atoms with Crippen LogP contribution >= 0.6 is 0 Å². The number of alkyl carbamates (subject to hydrolysis) is 1. The molecular weight excluding hydrogens is 437 g/mol. The molecule has 1 fully saturated rings. The van der Waals surface area contributed by atoms with E-state index in [2.05, 4.69) is 14.9 Å². The van der Waals surface area contributed by atoms with Gasteiger partial charge in [0, 0.05) is 37.0 Å². The van der Waals surface area contributed by atoms with Gasteiger partial charge in [-0.3, -0.25) is 4.79 Å². The Kier molecular flexibility index (Phi) is 5.88. The number of rotatable bonds is 5. The second-order valence-corrected chi connectivity index (χ2v) is 9.69. The molecule has 1 aromatic carbocycles. The van der Waals surface area contributed by atoms with Crippen LogP contribution in [0.25, 0.3) is 0 Å². The summed E-state index contributed by atoms with van der Waals surface area (Å²) < 4.78 is 48.7. The lowest BCUT2D eigenvalue weighted by molar-refractivity contribution is -0.133. The Labute approximate surface area is 189 Å². The number of carbonyl (C=O) groups excluding carboxylic acids is 2. The van der Waals surface area contributed by atoms with Crippen molar-refractivity contribution in [3.63, 3.8) is 0 Å². The molecule has 0 aliphatic carbocycles. The van der Waals surface area contributed by atoms with E-state index in [1.165, 1.54) is 0 Å². The minimum Gasteiger partial charge on any atom is -0.444 e. The number of nitrogens with zero attached hydrogens (tertiary/aromatic N) is 3. The van der Waals surface area contributed by atoms with Crippen molar-refractivity contribution in [3.8, 4) is 0 Å². The van der Waals surface area contributed by atoms with Crippen molar-refractivity contribution in [2.45, 2.75) is 70.7 Å². The zero-order chi connectivity index (χ0) is 24.1. The fourth-order valence-electron chi connectivity index (χ4n) is 4.67. The number of carbonyl (C=O) groups is 2. The van der Waals surface area contributed by atoms with E-state index in [4.69, 9.17) is 4.74 Å². The van der Waals surface area contributed by atoms with Gasteiger partial charge in [0.05, 0.1) is 12.1 Å². The van der Waals surface area contributed by atoms with E-state index in [9.17, 15) is 22.8 Å². The highest BCUT2D eigenvalue weighted by Gasteiger charge is 2.46. The Morgan fingerprint density at radius 2 is 1.91 bits per heavy atom. The zero-order valence-corrected chi connectivity index (χ0v) is 19.0. The van der Waals surface area contributed by atoms with Gasteiger partial charge in [0.2, 0.25) is 5.91 Å². The van der Waals surface area contributed by atoms with Crippen molar-refractivity contribution in [2.75, 3.05) is 6.54 Å². The summed E-state index contributed by atoms with van der Waals surface area (Å²) >= 11 is 0. The molecule has 2 aliphatic rings. The van der Waals surface area contributed by atoms with Crippen LogP contribution in [0, 0.1) is 24.4 Å². The third-order valence-corrected chi connectivity index (χ3v) is 5.97. The van der Waals surface area contributed by atoms with Gasteiger partial charge < -0.3 is 19.5 Å². The lowest BCUT2D eigenvalue weighted by Gasteiger charge is -2.30. The number of fused-ring (bicyclic) bond motifs is 5. The number of likely N-dealkylation sites (tertiary alicyclic amines) is 1. The summed E-state index contributed by atoms with van der Waals surface area (Å²) in [5.74, 6) is -2.86. The highest BCUT2D eigenvalue weighted by molar-refractivity contribution is 5.79. The maximum absolute atomic E-state index is 14.3. The predicted octanol–water partition coefficient (Wildman–Crippen LogP) is 3.96. The molecule has 4 rings (SSSR count). The third kappa shape index (κ3) is 4.69. The summed E-state index contributed by atoms with van der Waals surface area (Å²) in [7, 11) is 0. The maximum atomic E-state index is 14.3. The van der Waals surface area contributed by atoms with Crippen LogP contribution < -0.4 is 5.32 Å². The molecular formula is C23H27F3N4O3. The van der Waals surface area contributed by atoms with Gasteiger partial charge >= 0.3 is 6.09 Å². The van der Waals surface area contributed by atoms with E-state index in [0.29, 0.717) is 12.6 Å². The quantitative estimate of drug-likeness (QED) is 0.680. The van der Waals surface area contributed by atoms with Gasteiger partial charge in [-0.05, 0) is 52.2 Å². The van der Waals surface area contributed by atoms with Crippen LogP contribution in [0.4, 0.5) is 18.0 Å². The monoisotopic (exact) mass is 464 g/mol. The molecule has 0 radical (unpaired) electrons. The Morgan fingerprint density at radius 3 is 2.61 bits per heavy atom. The Hall–Kier alpha value is -3.04. The number of amides is 2. The molecule has 10 heteroatoms. The van der Waals surface area contributed by atoms with Crippen molar-refractivity contribution in [1.29, 1.82) is 0 Å². The smallest absolute Gasteiger partial charge is 0.407 e. The summed E-state index contributed by atoms with van der Waals surface area (Å²) in [5.41, 5.74) is 0.120. The number of aromatic nitrogens is 2. The number of hydrogen-bond donors (Lipinski definition) is 1. The first-order chi connectivity index (χ1) is 15.4. The highest BCUT2D eigenvalue weighted by atomic mass is 19.2. The van der Waals surface area contributed by atoms with Crippen LogP contribution in [0.3, 0.4) is 0 Å². The Morgan fingerprint density at radius 1 is 1.21 bits per heavy atom. The van der Waals surface area contributed by atoms with Crippen molar-refractivity contribution >= 4 is 12.0 Å². The van der Waals surface area contributed by atoms with E-state index in [1.54, 1.807) is 31.9 Å². The van der Waals surface area contributed by atoms with Crippen molar-refractivity contribution in [2.24, 2.45) is 0 Å². The fourth-order valence-corrected chi connectivity index (χ4v) is 4.67. The first-order valence-corrected chi connectivity index (χ1v) is 10.9. The van der Waals surface area contributed by atoms with Crippen molar-refractivity contribution in [3.05, 3.63) is 52.9 Å². The highest BCUT2D eigenvalue weighted by Crippen LogP contribution is 2.46. The molecule has 2 bridgehead atoms. The summed E-state index contributed by atoms with van der Waals surface area (Å²) in [6.07, 6.45) is 1.42. The molecule has 1 aromatic heterocycles. The van der Waals surface area contributed by atoms with Crippen LogP contribution in [0.5, 0.6) is 0 Å². The largest absolute Gasteiger partial charge is 0.444 e. The van der Waals surface area contributed by atoms with E-state index in [-0.39, 0.29) is 36.4 Å². The minimum absolute atomic E-state index is 0.142. The molecule has 7 nitrogen and oxygen atoms in total. The van der Waals surface area contributed by atoms with Gasteiger partial charge in [-0.2, -0.15) is 0 Å². The number of halogens is 3. The summed E-state index contributed by atoms with van der Waals surface area (Å²) in [6, 6.07) is 0.317. The van der Waals surface area contributed by atoms with Crippen LogP contribution in [-0.4, -0.2) is 44.6 Å². The normalized spacial score (nSPS) is 20.0. The zero-order valence-electron chi connectivity index (χ0n) is 19.0. The number of ether oxygens (including phenoxy) is 1. The number of aryl methyl sites for hydroxylation is 1. The number of benzene rings is 1. The average Bonchev–Trinajstić information content (AvgIpc) is 3.37. The number of imidazole rings is 1. The van der Waals surface area contributed by atoms with Crippen LogP contribution in [0.15, 0.2) is 18.3 Å². The molecule has 2 aliphatic heterocycles. The molecule has 178 valence electrons. The van der Waals surface area contributed by atoms with Crippen LogP contribution in [0.1, 0.15) is 62.8 Å². The van der Waals surface area contributed by atoms with Crippen molar-refractivity contribution < 1.29 is 27.5 Å². The van der Waals surface area contributed by atoms with Crippen LogP contribution in [0.2, 0.25) is 0 Å². The number of nitrogens with one attached hydrogen (secondary N) is 1. The first kappa shape index (κ1) is 23.1. The maximum Gasteiger partial charge on any atom is 0.407 e. The van der Waals surface area contributed by atoms with E-state index in [0.717, 1.165) is 24.0 Å². The molecule has 2 amide bonds. The molecule has 0 saturated carbocycles. The van der Waals surface area contributed by atoms with Gasteiger partial charge in [-0.1, -0.05) is 0 Å². The van der Waals surface area contributed by atoms with Gasteiger partial charge in [-0.15, -0.1) is 0 Å². The van der Waals surface area contributed by atoms with Gasteiger partial charge in [0.1, 0.15) is 17.2 Å². The van der Waals surface area contributed by atoms with Gasteiger partial charge in [0.25, 0.3) is 0 Å². The van der Waals surface area contributed by atoms with E-state index in [1.807, 2.05) is 6.92 Å². The van der Waals surface area contributed by atoms with E-state index >= 15 is 0 Å². The Bertz CT molecular complexity index is 1100. The van der Waals surface area contributed by atoms with Gasteiger partial charge in [0.15, 0.2) is 11.6 Å². The fraction of sp³-hybridized carbons (Fsp3) is 0.522. The topological polar surface area (TPSA) is 76.5 Å². The lowest BCUT2D eigenvalue weighted by Crippen LogP contribution is -2.44. The van der Waals surface area contributed by atoms with Crippen LogP contribution in [-0.2, 0) is 16.0 Å². The number of hydrogen-bond acceptors (Lipinski definition) is 4. The average molecular weight is 464 g/mol. The van der Waals surface area contributed by atoms with Crippen molar-refractivity contribution in [1.82, 2.24) is 19.8 Å². The minimum atomic E-state index is -1.30. The standard InChI is InChI=1S/C23H27F3N4O3/c1-12-10-27-21-19-8-15(30(12)21)11-29(19)20(31)7-14(28-22(32)33-23(2,3)4)5-13-6-17(25)18(26)9-16(13)24/h6,9-10,14-15,19H,5,7-8,11H2,1-4H3,(H,28,32). The predicted molar refractivity (Wildman–Crippen MR) is 113 cm³/mol. The lowest BCUT2D eigenvalue weighted by atomic mass is 10.0. The third-order valence-electron chi connectivity index (χ3n) is 5.97. The Balaban J connectivity index is 1.51. The molecule has 0 spiro atoms. The first-order valence-electron chi connectivity index (χ1n) is 10.9. The summed E-state index contributed by atoms with van der Waals surface area (Å²) in [4.78, 5) is 31.7. The summed E-state index contributed by atoms with van der Waals surface area (Å²) in [5, 5.41) is 2.59. The molecule has 33 heavy (non-hydrogen) atoms. The molecule has 1 N–H and O–H groups in total. The molecule has 1 saturated heterocycles. The second-order valence-electron chi connectivity index (χ2n) is 9.69. The summed E-state index contributed by atoms with van der Waals surface area (Å²) in [6.45, 7) is 7.55.